The van der Waals surface area contributed by atoms with Crippen LogP contribution in [0.4, 0.5) is 0 Å². The minimum Gasteiger partial charge on any atom is -0.455 e. The summed E-state index contributed by atoms with van der Waals surface area (Å²) in [5, 5.41) is 5.15. The average molecular weight is 386 g/mol. The Bertz CT molecular complexity index is 859. The predicted molar refractivity (Wildman–Crippen MR) is 107 cm³/mol. The minimum absolute atomic E-state index is 0.0502. The fourth-order valence-electron chi connectivity index (χ4n) is 3.41. The van der Waals surface area contributed by atoms with Gasteiger partial charge in [0.15, 0.2) is 5.76 Å². The number of para-hydroxylation sites is 1. The lowest BCUT2D eigenvalue weighted by Gasteiger charge is -2.26. The van der Waals surface area contributed by atoms with Crippen LogP contribution >= 0.6 is 11.6 Å². The van der Waals surface area contributed by atoms with E-state index >= 15 is 0 Å². The van der Waals surface area contributed by atoms with E-state index in [0.29, 0.717) is 17.4 Å². The SMILES string of the molecule is CCCCNCC1COC(c2ccc(Cl)cc2)(c2cc3ccccc3o2)O1. The lowest BCUT2D eigenvalue weighted by molar-refractivity contribution is -0.154. The van der Waals surface area contributed by atoms with Crippen molar-refractivity contribution >= 4 is 22.6 Å². The summed E-state index contributed by atoms with van der Waals surface area (Å²) in [4.78, 5) is 0. The highest BCUT2D eigenvalue weighted by Gasteiger charge is 2.47. The Morgan fingerprint density at radius 2 is 1.96 bits per heavy atom. The van der Waals surface area contributed by atoms with Crippen LogP contribution in [0.5, 0.6) is 0 Å². The second-order valence-electron chi connectivity index (χ2n) is 6.88. The van der Waals surface area contributed by atoms with E-state index < -0.39 is 5.79 Å². The third-order valence-electron chi connectivity index (χ3n) is 4.86. The first-order valence-corrected chi connectivity index (χ1v) is 9.86. The van der Waals surface area contributed by atoms with E-state index in [4.69, 9.17) is 25.5 Å². The topological polar surface area (TPSA) is 43.6 Å². The molecule has 1 fully saturated rings. The number of furan rings is 1. The summed E-state index contributed by atoms with van der Waals surface area (Å²) in [5.41, 5.74) is 1.69. The molecule has 0 amide bonds. The van der Waals surface area contributed by atoms with Gasteiger partial charge in [-0.05, 0) is 37.2 Å². The van der Waals surface area contributed by atoms with E-state index in [2.05, 4.69) is 12.2 Å². The van der Waals surface area contributed by atoms with E-state index in [-0.39, 0.29) is 6.10 Å². The van der Waals surface area contributed by atoms with Crippen LogP contribution < -0.4 is 5.32 Å². The summed E-state index contributed by atoms with van der Waals surface area (Å²) in [7, 11) is 0. The number of ether oxygens (including phenoxy) is 2. The van der Waals surface area contributed by atoms with Crippen molar-refractivity contribution in [3.05, 3.63) is 70.9 Å². The van der Waals surface area contributed by atoms with Crippen molar-refractivity contribution < 1.29 is 13.9 Å². The summed E-state index contributed by atoms with van der Waals surface area (Å²) >= 11 is 6.09. The van der Waals surface area contributed by atoms with Gasteiger partial charge in [-0.25, -0.2) is 0 Å². The van der Waals surface area contributed by atoms with Crippen molar-refractivity contribution in [2.75, 3.05) is 19.7 Å². The highest BCUT2D eigenvalue weighted by atomic mass is 35.5. The number of nitrogens with one attached hydrogen (secondary N) is 1. The van der Waals surface area contributed by atoms with Gasteiger partial charge in [-0.15, -0.1) is 0 Å². The van der Waals surface area contributed by atoms with Crippen LogP contribution in [0.15, 0.2) is 59.0 Å². The summed E-state index contributed by atoms with van der Waals surface area (Å²) in [6.07, 6.45) is 2.27. The fraction of sp³-hybridized carbons (Fsp3) is 0.364. The summed E-state index contributed by atoms with van der Waals surface area (Å²) in [6.45, 7) is 4.41. The summed E-state index contributed by atoms with van der Waals surface area (Å²) in [6, 6.07) is 17.5. The lowest BCUT2D eigenvalue weighted by atomic mass is 10.0. The number of halogens is 1. The van der Waals surface area contributed by atoms with Crippen LogP contribution in [0.1, 0.15) is 31.1 Å². The van der Waals surface area contributed by atoms with Crippen LogP contribution in [0.2, 0.25) is 5.02 Å². The predicted octanol–water partition coefficient (Wildman–Crippen LogP) is 5.09. The molecule has 0 spiro atoms. The Morgan fingerprint density at radius 3 is 2.74 bits per heavy atom. The molecule has 27 heavy (non-hydrogen) atoms. The Hall–Kier alpha value is -1.85. The lowest BCUT2D eigenvalue weighted by Crippen LogP contribution is -2.33. The zero-order chi connectivity index (χ0) is 18.7. The molecule has 0 radical (unpaired) electrons. The first-order chi connectivity index (χ1) is 13.2. The summed E-state index contributed by atoms with van der Waals surface area (Å²) in [5.74, 6) is -0.400. The van der Waals surface area contributed by atoms with Crippen molar-refractivity contribution in [2.45, 2.75) is 31.7 Å². The number of fused-ring (bicyclic) bond motifs is 1. The fourth-order valence-corrected chi connectivity index (χ4v) is 3.54. The molecule has 1 N–H and O–H groups in total. The molecule has 2 atom stereocenters. The number of hydrogen-bond acceptors (Lipinski definition) is 4. The third-order valence-corrected chi connectivity index (χ3v) is 5.11. The molecular weight excluding hydrogens is 362 g/mol. The molecule has 3 aromatic rings. The molecule has 2 heterocycles. The summed E-state index contributed by atoms with van der Waals surface area (Å²) < 4.78 is 18.8. The molecule has 4 rings (SSSR count). The van der Waals surface area contributed by atoms with E-state index in [0.717, 1.165) is 36.0 Å². The zero-order valence-corrected chi connectivity index (χ0v) is 16.2. The number of hydrogen-bond donors (Lipinski definition) is 1. The maximum Gasteiger partial charge on any atom is 0.256 e. The molecule has 4 nitrogen and oxygen atoms in total. The van der Waals surface area contributed by atoms with Gasteiger partial charge < -0.3 is 19.2 Å². The monoisotopic (exact) mass is 385 g/mol. The molecule has 1 saturated heterocycles. The molecule has 1 aliphatic heterocycles. The second kappa shape index (κ2) is 8.03. The van der Waals surface area contributed by atoms with Gasteiger partial charge in [0.2, 0.25) is 0 Å². The molecule has 142 valence electrons. The van der Waals surface area contributed by atoms with Gasteiger partial charge in [-0.3, -0.25) is 0 Å². The van der Waals surface area contributed by atoms with Crippen LogP contribution in [-0.4, -0.2) is 25.8 Å². The van der Waals surface area contributed by atoms with Gasteiger partial charge in [0.05, 0.1) is 12.7 Å². The molecule has 1 aromatic heterocycles. The second-order valence-corrected chi connectivity index (χ2v) is 7.32. The number of unbranched alkanes of at least 4 members (excludes halogenated alkanes) is 1. The van der Waals surface area contributed by atoms with Crippen molar-refractivity contribution in [1.29, 1.82) is 0 Å². The van der Waals surface area contributed by atoms with Crippen LogP contribution in [0, 0.1) is 0 Å². The normalized spacial score (nSPS) is 22.5. The van der Waals surface area contributed by atoms with Crippen LogP contribution in [-0.2, 0) is 15.3 Å². The Balaban J connectivity index is 1.65. The molecule has 1 aliphatic rings. The standard InChI is InChI=1S/C22H24ClNO3/c1-2-3-12-24-14-19-15-25-22(27-19,17-8-10-18(23)11-9-17)21-13-16-6-4-5-7-20(16)26-21/h4-11,13,19,24H,2-3,12,14-15H2,1H3. The maximum absolute atomic E-state index is 6.45. The first-order valence-electron chi connectivity index (χ1n) is 9.49. The molecule has 0 bridgehead atoms. The Morgan fingerprint density at radius 1 is 1.15 bits per heavy atom. The zero-order valence-electron chi connectivity index (χ0n) is 15.4. The average Bonchev–Trinajstić information content (AvgIpc) is 3.31. The van der Waals surface area contributed by atoms with Gasteiger partial charge >= 0.3 is 0 Å². The van der Waals surface area contributed by atoms with E-state index in [9.17, 15) is 0 Å². The van der Waals surface area contributed by atoms with Gasteiger partial charge in [-0.2, -0.15) is 0 Å². The van der Waals surface area contributed by atoms with Crippen molar-refractivity contribution in [1.82, 2.24) is 5.32 Å². The molecule has 2 aromatic carbocycles. The van der Waals surface area contributed by atoms with Gasteiger partial charge in [0.1, 0.15) is 5.58 Å². The van der Waals surface area contributed by atoms with Crippen molar-refractivity contribution in [3.8, 4) is 0 Å². The maximum atomic E-state index is 6.45. The van der Waals surface area contributed by atoms with Crippen LogP contribution in [0.25, 0.3) is 11.0 Å². The van der Waals surface area contributed by atoms with Crippen molar-refractivity contribution in [3.63, 3.8) is 0 Å². The highest BCUT2D eigenvalue weighted by molar-refractivity contribution is 6.30. The van der Waals surface area contributed by atoms with Crippen LogP contribution in [0.3, 0.4) is 0 Å². The Kier molecular flexibility index (Phi) is 5.50. The van der Waals surface area contributed by atoms with Gasteiger partial charge in [-0.1, -0.05) is 55.3 Å². The molecule has 0 aliphatic carbocycles. The smallest absolute Gasteiger partial charge is 0.256 e. The van der Waals surface area contributed by atoms with Gasteiger partial charge in [0.25, 0.3) is 5.79 Å². The molecular formula is C22H24ClNO3. The third kappa shape index (κ3) is 3.76. The first kappa shape index (κ1) is 18.5. The van der Waals surface area contributed by atoms with E-state index in [1.54, 1.807) is 0 Å². The highest BCUT2D eigenvalue weighted by Crippen LogP contribution is 2.42. The molecule has 5 heteroatoms. The molecule has 0 saturated carbocycles. The largest absolute Gasteiger partial charge is 0.455 e. The quantitative estimate of drug-likeness (QED) is 0.575. The Labute approximate surface area is 164 Å². The van der Waals surface area contributed by atoms with E-state index in [1.165, 1.54) is 6.42 Å². The number of benzene rings is 2. The number of rotatable bonds is 7. The van der Waals surface area contributed by atoms with Gasteiger partial charge in [0, 0.05) is 22.5 Å². The minimum atomic E-state index is -1.05. The van der Waals surface area contributed by atoms with Crippen molar-refractivity contribution in [2.24, 2.45) is 0 Å². The van der Waals surface area contributed by atoms with E-state index in [1.807, 2.05) is 54.6 Å². The molecule has 2 unspecified atom stereocenters.